The number of amides is 2. The number of carbonyl (C=O) groups excluding carboxylic acids is 1. The molecule has 0 radical (unpaired) electrons. The second kappa shape index (κ2) is 4.92. The number of benzene rings is 1. The highest BCUT2D eigenvalue weighted by Gasteiger charge is 2.20. The number of urea groups is 1. The lowest BCUT2D eigenvalue weighted by Crippen LogP contribution is -2.34. The summed E-state index contributed by atoms with van der Waals surface area (Å²) in [5.41, 5.74) is 4.93. The van der Waals surface area contributed by atoms with Crippen LogP contribution in [0.1, 0.15) is 18.5 Å². The molecule has 1 heterocycles. The lowest BCUT2D eigenvalue weighted by molar-refractivity contribution is 0.204. The minimum Gasteiger partial charge on any atom is -0.351 e. The Morgan fingerprint density at radius 1 is 1.40 bits per heavy atom. The highest BCUT2D eigenvalue weighted by molar-refractivity contribution is 5.86. The molecule has 20 heavy (non-hydrogen) atoms. The molecule has 5 nitrogen and oxygen atoms in total. The Hall–Kier alpha value is -2.44. The molecule has 0 bridgehead atoms. The van der Waals surface area contributed by atoms with Crippen LogP contribution in [0.3, 0.4) is 0 Å². The van der Waals surface area contributed by atoms with Crippen molar-refractivity contribution in [2.45, 2.75) is 13.0 Å². The summed E-state index contributed by atoms with van der Waals surface area (Å²) >= 11 is 0. The number of nitrogens with one attached hydrogen (secondary N) is 1. The standard InChI is InChI=1S/C13H13F2N3O2/c1-6(18(2)13(16)20)8-5-17-12(19)10-7(8)3-4-9(14)11(10)15/h3-6H,1-2H3,(H2,16,20)(H,17,19). The average molecular weight is 281 g/mol. The molecule has 1 aromatic heterocycles. The lowest BCUT2D eigenvalue weighted by atomic mass is 10.0. The van der Waals surface area contributed by atoms with E-state index in [9.17, 15) is 18.4 Å². The van der Waals surface area contributed by atoms with Crippen molar-refractivity contribution in [1.82, 2.24) is 9.88 Å². The van der Waals surface area contributed by atoms with E-state index in [2.05, 4.69) is 4.98 Å². The van der Waals surface area contributed by atoms with Crippen LogP contribution in [0.15, 0.2) is 23.1 Å². The molecular weight excluding hydrogens is 268 g/mol. The number of pyridine rings is 1. The van der Waals surface area contributed by atoms with Gasteiger partial charge in [-0.05, 0) is 23.9 Å². The number of nitrogens with two attached hydrogens (primary N) is 1. The molecule has 0 aliphatic carbocycles. The van der Waals surface area contributed by atoms with E-state index in [0.717, 1.165) is 6.07 Å². The van der Waals surface area contributed by atoms with Gasteiger partial charge in [-0.2, -0.15) is 0 Å². The fourth-order valence-corrected chi connectivity index (χ4v) is 2.05. The van der Waals surface area contributed by atoms with Crippen LogP contribution in [0, 0.1) is 11.6 Å². The fraction of sp³-hybridized carbons (Fsp3) is 0.231. The summed E-state index contributed by atoms with van der Waals surface area (Å²) in [6.45, 7) is 1.67. The van der Waals surface area contributed by atoms with Crippen molar-refractivity contribution in [1.29, 1.82) is 0 Å². The zero-order chi connectivity index (χ0) is 15.0. The molecule has 0 saturated carbocycles. The topological polar surface area (TPSA) is 79.2 Å². The molecule has 0 fully saturated rings. The Labute approximate surface area is 113 Å². The van der Waals surface area contributed by atoms with E-state index in [1.54, 1.807) is 6.92 Å². The van der Waals surface area contributed by atoms with Crippen molar-refractivity contribution < 1.29 is 13.6 Å². The smallest absolute Gasteiger partial charge is 0.315 e. The Morgan fingerprint density at radius 2 is 2.05 bits per heavy atom. The van der Waals surface area contributed by atoms with Crippen molar-refractivity contribution in [3.8, 4) is 0 Å². The molecule has 1 unspecified atom stereocenters. The highest BCUT2D eigenvalue weighted by Crippen LogP contribution is 2.27. The molecule has 2 amide bonds. The summed E-state index contributed by atoms with van der Waals surface area (Å²) < 4.78 is 27.0. The Kier molecular flexibility index (Phi) is 3.44. The number of aromatic nitrogens is 1. The van der Waals surface area contributed by atoms with Gasteiger partial charge in [-0.25, -0.2) is 13.6 Å². The van der Waals surface area contributed by atoms with Crippen LogP contribution in [0.4, 0.5) is 13.6 Å². The maximum Gasteiger partial charge on any atom is 0.315 e. The second-order valence-electron chi connectivity index (χ2n) is 4.48. The fourth-order valence-electron chi connectivity index (χ4n) is 2.05. The number of carbonyl (C=O) groups is 1. The number of rotatable bonds is 2. The Balaban J connectivity index is 2.74. The van der Waals surface area contributed by atoms with Crippen LogP contribution in [0.2, 0.25) is 0 Å². The SMILES string of the molecule is CC(c1c[nH]c(=O)c2c(F)c(F)ccc12)N(C)C(N)=O. The van der Waals surface area contributed by atoms with E-state index in [4.69, 9.17) is 5.73 Å². The molecular formula is C13H13F2N3O2. The molecule has 7 heteroatoms. The third-order valence-corrected chi connectivity index (χ3v) is 3.37. The number of hydrogen-bond donors (Lipinski definition) is 2. The summed E-state index contributed by atoms with van der Waals surface area (Å²) in [6.07, 6.45) is 1.37. The molecule has 2 rings (SSSR count). The summed E-state index contributed by atoms with van der Waals surface area (Å²) in [7, 11) is 1.48. The number of aromatic amines is 1. The summed E-state index contributed by atoms with van der Waals surface area (Å²) in [6, 6.07) is 1.08. The Bertz CT molecular complexity index is 742. The van der Waals surface area contributed by atoms with Crippen LogP contribution in [-0.2, 0) is 0 Å². The number of hydrogen-bond acceptors (Lipinski definition) is 2. The van der Waals surface area contributed by atoms with E-state index in [1.807, 2.05) is 0 Å². The summed E-state index contributed by atoms with van der Waals surface area (Å²) in [5, 5.41) is -0.125. The first-order valence-corrected chi connectivity index (χ1v) is 5.86. The molecule has 1 atom stereocenters. The van der Waals surface area contributed by atoms with Gasteiger partial charge >= 0.3 is 6.03 Å². The first kappa shape index (κ1) is 14.0. The predicted octanol–water partition coefficient (Wildman–Crippen LogP) is 1.88. The monoisotopic (exact) mass is 281 g/mol. The summed E-state index contributed by atoms with van der Waals surface area (Å²) in [4.78, 5) is 26.4. The predicted molar refractivity (Wildman–Crippen MR) is 70.2 cm³/mol. The summed E-state index contributed by atoms with van der Waals surface area (Å²) in [5.74, 6) is -2.31. The molecule has 1 aromatic carbocycles. The van der Waals surface area contributed by atoms with Crippen LogP contribution >= 0.6 is 0 Å². The lowest BCUT2D eigenvalue weighted by Gasteiger charge is -2.24. The van der Waals surface area contributed by atoms with E-state index in [1.165, 1.54) is 24.2 Å². The molecule has 106 valence electrons. The number of primary amides is 1. The van der Waals surface area contributed by atoms with Gasteiger partial charge in [-0.3, -0.25) is 4.79 Å². The molecule has 0 saturated heterocycles. The second-order valence-corrected chi connectivity index (χ2v) is 4.48. The van der Waals surface area contributed by atoms with Crippen molar-refractivity contribution in [2.24, 2.45) is 5.73 Å². The van der Waals surface area contributed by atoms with Crippen molar-refractivity contribution >= 4 is 16.8 Å². The van der Waals surface area contributed by atoms with Crippen LogP contribution < -0.4 is 11.3 Å². The number of fused-ring (bicyclic) bond motifs is 1. The van der Waals surface area contributed by atoms with Crippen molar-refractivity contribution in [2.75, 3.05) is 7.05 Å². The average Bonchev–Trinajstić information content (AvgIpc) is 2.41. The van der Waals surface area contributed by atoms with Crippen LogP contribution in [0.25, 0.3) is 10.8 Å². The quantitative estimate of drug-likeness (QED) is 0.881. The molecule has 0 aliphatic rings. The highest BCUT2D eigenvalue weighted by atomic mass is 19.2. The van der Waals surface area contributed by atoms with Crippen LogP contribution in [0.5, 0.6) is 0 Å². The first-order chi connectivity index (χ1) is 9.34. The minimum absolute atomic E-state index is 0.244. The van der Waals surface area contributed by atoms with Gasteiger partial charge in [-0.15, -0.1) is 0 Å². The van der Waals surface area contributed by atoms with Crippen molar-refractivity contribution in [3.63, 3.8) is 0 Å². The van der Waals surface area contributed by atoms with Gasteiger partial charge in [0.15, 0.2) is 11.6 Å². The molecule has 0 aliphatic heterocycles. The van der Waals surface area contributed by atoms with E-state index in [-0.39, 0.29) is 10.8 Å². The maximum absolute atomic E-state index is 13.8. The van der Waals surface area contributed by atoms with Gasteiger partial charge in [0.25, 0.3) is 5.56 Å². The van der Waals surface area contributed by atoms with Gasteiger partial charge in [0.05, 0.1) is 11.4 Å². The molecule has 2 aromatic rings. The van der Waals surface area contributed by atoms with Gasteiger partial charge in [0, 0.05) is 13.2 Å². The minimum atomic E-state index is -1.21. The Morgan fingerprint density at radius 3 is 2.65 bits per heavy atom. The number of nitrogens with zero attached hydrogens (tertiary/aromatic N) is 1. The van der Waals surface area contributed by atoms with Gasteiger partial charge in [0.1, 0.15) is 0 Å². The number of H-pyrrole nitrogens is 1. The van der Waals surface area contributed by atoms with Gasteiger partial charge in [-0.1, -0.05) is 6.07 Å². The van der Waals surface area contributed by atoms with Gasteiger partial charge < -0.3 is 15.6 Å². The maximum atomic E-state index is 13.8. The largest absolute Gasteiger partial charge is 0.351 e. The van der Waals surface area contributed by atoms with Gasteiger partial charge in [0.2, 0.25) is 0 Å². The third-order valence-electron chi connectivity index (χ3n) is 3.37. The number of halogens is 2. The molecule has 3 N–H and O–H groups in total. The third kappa shape index (κ3) is 2.11. The first-order valence-electron chi connectivity index (χ1n) is 5.86. The van der Waals surface area contributed by atoms with Crippen LogP contribution in [-0.4, -0.2) is 23.0 Å². The van der Waals surface area contributed by atoms with E-state index in [0.29, 0.717) is 5.56 Å². The van der Waals surface area contributed by atoms with Crippen molar-refractivity contribution in [3.05, 3.63) is 45.9 Å². The van der Waals surface area contributed by atoms with E-state index < -0.39 is 29.3 Å². The zero-order valence-electron chi connectivity index (χ0n) is 10.9. The normalized spacial score (nSPS) is 12.4. The van der Waals surface area contributed by atoms with E-state index >= 15 is 0 Å². The zero-order valence-corrected chi connectivity index (χ0v) is 10.9. The molecule has 0 spiro atoms.